The summed E-state index contributed by atoms with van der Waals surface area (Å²) in [5.74, 6) is 0.800. The fourth-order valence-electron chi connectivity index (χ4n) is 2.03. The summed E-state index contributed by atoms with van der Waals surface area (Å²) >= 11 is 0. The van der Waals surface area contributed by atoms with Crippen molar-refractivity contribution in [2.75, 3.05) is 6.61 Å². The molecular formula is C15H20O2. The molecule has 1 aliphatic carbocycles. The van der Waals surface area contributed by atoms with Crippen LogP contribution in [0.25, 0.3) is 0 Å². The Hall–Kier alpha value is -1.31. The molecule has 0 N–H and O–H groups in total. The Kier molecular flexibility index (Phi) is 3.82. The van der Waals surface area contributed by atoms with Crippen molar-refractivity contribution in [3.05, 3.63) is 35.9 Å². The average Bonchev–Trinajstić information content (AvgIpc) is 3.12. The molecule has 0 saturated heterocycles. The summed E-state index contributed by atoms with van der Waals surface area (Å²) in [6.07, 6.45) is 2.30. The maximum Gasteiger partial charge on any atom is 0.313 e. The number of esters is 1. The fraction of sp³-hybridized carbons (Fsp3) is 0.533. The van der Waals surface area contributed by atoms with E-state index in [1.54, 1.807) is 0 Å². The second-order valence-corrected chi connectivity index (χ2v) is 5.25. The Morgan fingerprint density at radius 3 is 2.47 bits per heavy atom. The first-order valence-corrected chi connectivity index (χ1v) is 6.40. The number of carbonyl (C=O) groups is 1. The zero-order valence-electron chi connectivity index (χ0n) is 10.6. The van der Waals surface area contributed by atoms with Gasteiger partial charge in [-0.05, 0) is 30.2 Å². The summed E-state index contributed by atoms with van der Waals surface area (Å²) in [6.45, 7) is 4.64. The molecule has 2 nitrogen and oxygen atoms in total. The molecule has 0 spiro atoms. The third-order valence-corrected chi connectivity index (χ3v) is 3.06. The molecule has 1 fully saturated rings. The summed E-state index contributed by atoms with van der Waals surface area (Å²) in [4.78, 5) is 12.1. The molecule has 92 valence electrons. The van der Waals surface area contributed by atoms with Gasteiger partial charge in [-0.15, -0.1) is 0 Å². The number of ether oxygens (including phenoxy) is 1. The first-order valence-electron chi connectivity index (χ1n) is 6.40. The van der Waals surface area contributed by atoms with Crippen molar-refractivity contribution >= 4 is 5.97 Å². The monoisotopic (exact) mass is 232 g/mol. The minimum atomic E-state index is -0.0487. The first kappa shape index (κ1) is 12.2. The van der Waals surface area contributed by atoms with Crippen molar-refractivity contribution in [1.82, 2.24) is 0 Å². The molecule has 2 heteroatoms. The lowest BCUT2D eigenvalue weighted by Crippen LogP contribution is -2.20. The molecule has 1 atom stereocenters. The van der Waals surface area contributed by atoms with Crippen LogP contribution in [0.1, 0.15) is 38.2 Å². The van der Waals surface area contributed by atoms with Crippen LogP contribution in [0, 0.1) is 11.8 Å². The van der Waals surface area contributed by atoms with Gasteiger partial charge in [0.25, 0.3) is 0 Å². The van der Waals surface area contributed by atoms with Crippen LogP contribution in [-0.2, 0) is 9.53 Å². The second kappa shape index (κ2) is 5.35. The van der Waals surface area contributed by atoms with Crippen molar-refractivity contribution in [1.29, 1.82) is 0 Å². The standard InChI is InChI=1S/C15H20O2/c1-11(2)10-17-15(16)14(13-8-9-13)12-6-4-3-5-7-12/h3-7,11,13-14H,8-10H2,1-2H3. The van der Waals surface area contributed by atoms with Crippen LogP contribution >= 0.6 is 0 Å². The van der Waals surface area contributed by atoms with E-state index >= 15 is 0 Å². The summed E-state index contributed by atoms with van der Waals surface area (Å²) in [7, 11) is 0. The van der Waals surface area contributed by atoms with Gasteiger partial charge in [-0.2, -0.15) is 0 Å². The quantitative estimate of drug-likeness (QED) is 0.727. The van der Waals surface area contributed by atoms with Crippen LogP contribution < -0.4 is 0 Å². The highest BCUT2D eigenvalue weighted by Crippen LogP contribution is 2.43. The molecule has 1 unspecified atom stereocenters. The number of carbonyl (C=O) groups excluding carboxylic acids is 1. The molecule has 1 aliphatic rings. The largest absolute Gasteiger partial charge is 0.465 e. The Morgan fingerprint density at radius 1 is 1.29 bits per heavy atom. The molecule has 0 radical (unpaired) electrons. The van der Waals surface area contributed by atoms with Gasteiger partial charge < -0.3 is 4.74 Å². The molecule has 0 heterocycles. The second-order valence-electron chi connectivity index (χ2n) is 5.25. The van der Waals surface area contributed by atoms with Gasteiger partial charge in [0.1, 0.15) is 0 Å². The van der Waals surface area contributed by atoms with Gasteiger partial charge in [0.05, 0.1) is 12.5 Å². The van der Waals surface area contributed by atoms with E-state index in [9.17, 15) is 4.79 Å². The van der Waals surface area contributed by atoms with Gasteiger partial charge in [0.15, 0.2) is 0 Å². The van der Waals surface area contributed by atoms with Gasteiger partial charge in [-0.3, -0.25) is 4.79 Å². The van der Waals surface area contributed by atoms with E-state index in [0.29, 0.717) is 18.4 Å². The van der Waals surface area contributed by atoms with Crippen molar-refractivity contribution in [3.63, 3.8) is 0 Å². The topological polar surface area (TPSA) is 26.3 Å². The van der Waals surface area contributed by atoms with Crippen molar-refractivity contribution < 1.29 is 9.53 Å². The minimum absolute atomic E-state index is 0.0463. The lowest BCUT2D eigenvalue weighted by atomic mass is 9.94. The summed E-state index contributed by atoms with van der Waals surface area (Å²) in [5.41, 5.74) is 1.10. The molecule has 1 aromatic carbocycles. The normalized spacial score (nSPS) is 16.9. The third kappa shape index (κ3) is 3.32. The van der Waals surface area contributed by atoms with E-state index in [4.69, 9.17) is 4.74 Å². The van der Waals surface area contributed by atoms with Gasteiger partial charge in [0, 0.05) is 0 Å². The van der Waals surface area contributed by atoms with Gasteiger partial charge >= 0.3 is 5.97 Å². The minimum Gasteiger partial charge on any atom is -0.465 e. The van der Waals surface area contributed by atoms with Crippen molar-refractivity contribution in [2.45, 2.75) is 32.6 Å². The average molecular weight is 232 g/mol. The predicted octanol–water partition coefficient (Wildman–Crippen LogP) is 3.38. The smallest absolute Gasteiger partial charge is 0.313 e. The van der Waals surface area contributed by atoms with Crippen LogP contribution in [-0.4, -0.2) is 12.6 Å². The number of hydrogen-bond donors (Lipinski definition) is 0. The summed E-state index contributed by atoms with van der Waals surface area (Å²) in [5, 5.41) is 0. The maximum absolute atomic E-state index is 12.1. The maximum atomic E-state index is 12.1. The van der Waals surface area contributed by atoms with Crippen molar-refractivity contribution in [2.24, 2.45) is 11.8 Å². The highest BCUT2D eigenvalue weighted by atomic mass is 16.5. The zero-order chi connectivity index (χ0) is 12.3. The van der Waals surface area contributed by atoms with Crippen LogP contribution in [0.15, 0.2) is 30.3 Å². The zero-order valence-corrected chi connectivity index (χ0v) is 10.6. The first-order chi connectivity index (χ1) is 8.18. The molecular weight excluding hydrogens is 212 g/mol. The molecule has 0 bridgehead atoms. The molecule has 1 aromatic rings. The number of rotatable bonds is 5. The van der Waals surface area contributed by atoms with E-state index in [1.807, 2.05) is 30.3 Å². The highest BCUT2D eigenvalue weighted by molar-refractivity contribution is 5.79. The summed E-state index contributed by atoms with van der Waals surface area (Å²) < 4.78 is 5.38. The summed E-state index contributed by atoms with van der Waals surface area (Å²) in [6, 6.07) is 10.0. The van der Waals surface area contributed by atoms with Gasteiger partial charge in [-0.25, -0.2) is 0 Å². The number of benzene rings is 1. The van der Waals surface area contributed by atoms with E-state index in [2.05, 4.69) is 13.8 Å². The van der Waals surface area contributed by atoms with Gasteiger partial charge in [-0.1, -0.05) is 44.2 Å². The van der Waals surface area contributed by atoms with Crippen LogP contribution in [0.2, 0.25) is 0 Å². The predicted molar refractivity (Wildman–Crippen MR) is 67.7 cm³/mol. The van der Waals surface area contributed by atoms with Crippen molar-refractivity contribution in [3.8, 4) is 0 Å². The van der Waals surface area contributed by atoms with Crippen LogP contribution in [0.5, 0.6) is 0 Å². The molecule has 17 heavy (non-hydrogen) atoms. The van der Waals surface area contributed by atoms with Gasteiger partial charge in [0.2, 0.25) is 0 Å². The lowest BCUT2D eigenvalue weighted by Gasteiger charge is -2.16. The third-order valence-electron chi connectivity index (χ3n) is 3.06. The molecule has 0 aliphatic heterocycles. The van der Waals surface area contributed by atoms with Crippen LogP contribution in [0.3, 0.4) is 0 Å². The highest BCUT2D eigenvalue weighted by Gasteiger charge is 2.38. The lowest BCUT2D eigenvalue weighted by molar-refractivity contribution is -0.147. The molecule has 2 rings (SSSR count). The van der Waals surface area contributed by atoms with E-state index < -0.39 is 0 Å². The molecule has 1 saturated carbocycles. The van der Waals surface area contributed by atoms with E-state index in [-0.39, 0.29) is 11.9 Å². The Morgan fingerprint density at radius 2 is 1.94 bits per heavy atom. The Labute approximate surface area is 103 Å². The van der Waals surface area contributed by atoms with Crippen LogP contribution in [0.4, 0.5) is 0 Å². The SMILES string of the molecule is CC(C)COC(=O)C(c1ccccc1)C1CC1. The number of hydrogen-bond acceptors (Lipinski definition) is 2. The molecule has 0 amide bonds. The van der Waals surface area contributed by atoms with E-state index in [0.717, 1.165) is 18.4 Å². The Balaban J connectivity index is 2.05. The molecule has 0 aromatic heterocycles. The van der Waals surface area contributed by atoms with E-state index in [1.165, 1.54) is 0 Å². The fourth-order valence-corrected chi connectivity index (χ4v) is 2.03. The Bertz CT molecular complexity index is 366.